The van der Waals surface area contributed by atoms with Gasteiger partial charge in [0.05, 0.1) is 12.2 Å². The molecule has 1 unspecified atom stereocenters. The Bertz CT molecular complexity index is 812. The maximum absolute atomic E-state index is 14.0. The number of benzene rings is 1. The minimum absolute atomic E-state index is 0.131. The summed E-state index contributed by atoms with van der Waals surface area (Å²) in [5, 5.41) is 3.11. The van der Waals surface area contributed by atoms with Crippen molar-refractivity contribution in [1.82, 2.24) is 9.55 Å². The highest BCUT2D eigenvalue weighted by atomic mass is 19.1. The van der Waals surface area contributed by atoms with E-state index < -0.39 is 17.1 Å². The van der Waals surface area contributed by atoms with Crippen LogP contribution in [0.5, 0.6) is 0 Å². The second kappa shape index (κ2) is 5.76. The average molecular weight is 305 g/mol. The van der Waals surface area contributed by atoms with Crippen molar-refractivity contribution in [3.63, 3.8) is 0 Å². The summed E-state index contributed by atoms with van der Waals surface area (Å²) in [5.41, 5.74) is -0.433. The number of halogens is 1. The minimum Gasteiger partial charge on any atom is -0.324 e. The number of aromatic nitrogens is 2. The van der Waals surface area contributed by atoms with Crippen molar-refractivity contribution >= 4 is 5.82 Å². The van der Waals surface area contributed by atoms with Gasteiger partial charge in [-0.05, 0) is 18.6 Å². The summed E-state index contributed by atoms with van der Waals surface area (Å²) in [7, 11) is 0. The zero-order chi connectivity index (χ0) is 15.7. The highest BCUT2D eigenvalue weighted by Crippen LogP contribution is 2.18. The fourth-order valence-electron chi connectivity index (χ4n) is 2.84. The molecule has 2 aromatic rings. The summed E-state index contributed by atoms with van der Waals surface area (Å²) in [6, 6.07) is 6.02. The molecule has 1 atom stereocenters. The summed E-state index contributed by atoms with van der Waals surface area (Å²) < 4.78 is 15.2. The molecule has 3 N–H and O–H groups in total. The van der Waals surface area contributed by atoms with Crippen LogP contribution >= 0.6 is 0 Å². The van der Waals surface area contributed by atoms with E-state index in [1.165, 1.54) is 21.6 Å². The molecule has 3 rings (SSSR count). The second-order valence-electron chi connectivity index (χ2n) is 5.40. The number of nitrogens with zero attached hydrogens (tertiary/aromatic N) is 1. The summed E-state index contributed by atoms with van der Waals surface area (Å²) in [6.45, 7) is 4.11. The summed E-state index contributed by atoms with van der Waals surface area (Å²) >= 11 is 0. The molecule has 0 spiro atoms. The first-order valence-corrected chi connectivity index (χ1v) is 7.32. The topological polar surface area (TPSA) is 71.3 Å². The van der Waals surface area contributed by atoms with Crippen molar-refractivity contribution in [3.8, 4) is 5.69 Å². The van der Waals surface area contributed by atoms with Crippen LogP contribution in [-0.4, -0.2) is 22.8 Å². The van der Waals surface area contributed by atoms with Crippen molar-refractivity contribution in [2.24, 2.45) is 0 Å². The lowest BCUT2D eigenvalue weighted by atomic mass is 10.2. The van der Waals surface area contributed by atoms with Gasteiger partial charge in [-0.1, -0.05) is 19.1 Å². The fourth-order valence-corrected chi connectivity index (χ4v) is 2.84. The maximum atomic E-state index is 14.0. The number of H-pyrrole nitrogens is 1. The average Bonchev–Trinajstić information content (AvgIpc) is 2.50. The minimum atomic E-state index is -0.639. The number of rotatable bonds is 3. The lowest BCUT2D eigenvalue weighted by Gasteiger charge is -2.27. The molecule has 6 nitrogen and oxygen atoms in total. The molecule has 7 heteroatoms. The van der Waals surface area contributed by atoms with Crippen LogP contribution in [0, 0.1) is 5.82 Å². The molecule has 1 aliphatic heterocycles. The third-order valence-corrected chi connectivity index (χ3v) is 3.84. The van der Waals surface area contributed by atoms with Crippen LogP contribution in [0.1, 0.15) is 18.9 Å². The van der Waals surface area contributed by atoms with Gasteiger partial charge in [0, 0.05) is 0 Å². The van der Waals surface area contributed by atoms with Crippen LogP contribution in [-0.2, 0) is 6.54 Å². The van der Waals surface area contributed by atoms with Crippen LogP contribution in [0.3, 0.4) is 0 Å². The van der Waals surface area contributed by atoms with Gasteiger partial charge < -0.3 is 10.2 Å². The van der Waals surface area contributed by atoms with Crippen LogP contribution in [0.4, 0.5) is 10.2 Å². The Morgan fingerprint density at radius 2 is 2.09 bits per heavy atom. The fraction of sp³-hybridized carbons (Fsp3) is 0.333. The quantitative estimate of drug-likeness (QED) is 0.738. The van der Waals surface area contributed by atoms with Gasteiger partial charge in [-0.15, -0.1) is 0 Å². The van der Waals surface area contributed by atoms with E-state index in [9.17, 15) is 14.0 Å². The van der Waals surface area contributed by atoms with Crippen LogP contribution in [0.15, 0.2) is 33.9 Å². The summed E-state index contributed by atoms with van der Waals surface area (Å²) in [6.07, 6.45) is 0.997. The number of hydrogen-bond donors (Lipinski definition) is 3. The Hall–Kier alpha value is -2.41. The molecule has 116 valence electrons. The monoisotopic (exact) mass is 305 g/mol. The Morgan fingerprint density at radius 3 is 2.82 bits per heavy atom. The standard InChI is InChI=1S/C15H17FN4O2/c1-2-7-19-8-10-13(17-9-19)20(15(22)18-14(10)21)12-6-4-3-5-11(12)16/h3-6,17H,2,7-9H2,1H3,(H,18,21,22)/p+1. The van der Waals surface area contributed by atoms with E-state index in [0.29, 0.717) is 24.6 Å². The molecule has 0 aliphatic carbocycles. The van der Waals surface area contributed by atoms with Crippen LogP contribution in [0.2, 0.25) is 0 Å². The zero-order valence-corrected chi connectivity index (χ0v) is 12.3. The van der Waals surface area contributed by atoms with Gasteiger partial charge in [-0.25, -0.2) is 13.8 Å². The van der Waals surface area contributed by atoms with Crippen LogP contribution in [0.25, 0.3) is 5.69 Å². The lowest BCUT2D eigenvalue weighted by molar-refractivity contribution is -0.912. The molecule has 2 heterocycles. The molecule has 0 saturated heterocycles. The molecule has 0 fully saturated rings. The normalized spacial score (nSPS) is 16.9. The smallest absolute Gasteiger partial charge is 0.324 e. The molecule has 0 saturated carbocycles. The van der Waals surface area contributed by atoms with E-state index in [0.717, 1.165) is 13.0 Å². The van der Waals surface area contributed by atoms with Crippen LogP contribution < -0.4 is 21.5 Å². The first kappa shape index (κ1) is 14.5. The summed E-state index contributed by atoms with van der Waals surface area (Å²) in [4.78, 5) is 27.7. The molecule has 1 aliphatic rings. The van der Waals surface area contributed by atoms with E-state index >= 15 is 0 Å². The van der Waals surface area contributed by atoms with Gasteiger partial charge in [-0.2, -0.15) is 0 Å². The number of nitrogens with one attached hydrogen (secondary N) is 3. The predicted octanol–water partition coefficient (Wildman–Crippen LogP) is -0.157. The van der Waals surface area contributed by atoms with Crippen molar-refractivity contribution in [2.75, 3.05) is 18.5 Å². The number of anilines is 1. The van der Waals surface area contributed by atoms with Gasteiger partial charge in [0.25, 0.3) is 5.56 Å². The third-order valence-electron chi connectivity index (χ3n) is 3.84. The molecule has 0 radical (unpaired) electrons. The molecule has 22 heavy (non-hydrogen) atoms. The third kappa shape index (κ3) is 2.43. The number of hydrogen-bond acceptors (Lipinski definition) is 3. The van der Waals surface area contributed by atoms with Crippen molar-refractivity contribution < 1.29 is 9.29 Å². The highest BCUT2D eigenvalue weighted by Gasteiger charge is 2.26. The number of aromatic amines is 1. The number of fused-ring (bicyclic) bond motifs is 1. The van der Waals surface area contributed by atoms with E-state index in [-0.39, 0.29) is 5.69 Å². The first-order valence-electron chi connectivity index (χ1n) is 7.32. The maximum Gasteiger partial charge on any atom is 0.334 e. The lowest BCUT2D eigenvalue weighted by Crippen LogP contribution is -3.12. The Balaban J connectivity index is 2.18. The molecule has 0 amide bonds. The molecular formula is C15H18FN4O2+. The van der Waals surface area contributed by atoms with Gasteiger partial charge >= 0.3 is 5.69 Å². The van der Waals surface area contributed by atoms with Gasteiger partial charge in [-0.3, -0.25) is 9.78 Å². The number of quaternary nitrogens is 1. The predicted molar refractivity (Wildman–Crippen MR) is 80.9 cm³/mol. The molecular weight excluding hydrogens is 287 g/mol. The summed E-state index contributed by atoms with van der Waals surface area (Å²) in [5.74, 6) is -0.123. The molecule has 0 bridgehead atoms. The first-order chi connectivity index (χ1) is 10.6. The zero-order valence-electron chi connectivity index (χ0n) is 12.3. The molecule has 1 aromatic carbocycles. The van der Waals surface area contributed by atoms with Gasteiger partial charge in [0.1, 0.15) is 23.7 Å². The molecule has 1 aromatic heterocycles. The second-order valence-corrected chi connectivity index (χ2v) is 5.40. The Labute approximate surface area is 126 Å². The van der Waals surface area contributed by atoms with E-state index in [2.05, 4.69) is 17.2 Å². The number of para-hydroxylation sites is 1. The van der Waals surface area contributed by atoms with E-state index in [1.54, 1.807) is 12.1 Å². The van der Waals surface area contributed by atoms with Crippen molar-refractivity contribution in [2.45, 2.75) is 19.9 Å². The largest absolute Gasteiger partial charge is 0.334 e. The van der Waals surface area contributed by atoms with Gasteiger partial charge in [0.2, 0.25) is 0 Å². The Morgan fingerprint density at radius 1 is 1.32 bits per heavy atom. The van der Waals surface area contributed by atoms with E-state index in [1.807, 2.05) is 0 Å². The van der Waals surface area contributed by atoms with Crippen molar-refractivity contribution in [1.29, 1.82) is 0 Å². The Kier molecular flexibility index (Phi) is 3.81. The highest BCUT2D eigenvalue weighted by molar-refractivity contribution is 5.51. The van der Waals surface area contributed by atoms with Gasteiger partial charge in [0.15, 0.2) is 6.67 Å². The van der Waals surface area contributed by atoms with E-state index in [4.69, 9.17) is 0 Å². The van der Waals surface area contributed by atoms with Crippen molar-refractivity contribution in [3.05, 3.63) is 56.5 Å². The SMILES string of the molecule is CCC[NH+]1CNc2c(c(=O)[nH]c(=O)n2-c2ccccc2F)C1.